The number of aromatic nitrogens is 2. The van der Waals surface area contributed by atoms with Gasteiger partial charge in [0.15, 0.2) is 0 Å². The van der Waals surface area contributed by atoms with E-state index in [4.69, 9.17) is 0 Å². The normalized spacial score (nSPS) is 10.8. The third-order valence-electron chi connectivity index (χ3n) is 2.92. The van der Waals surface area contributed by atoms with Gasteiger partial charge in [-0.3, -0.25) is 0 Å². The van der Waals surface area contributed by atoms with Crippen LogP contribution in [-0.4, -0.2) is 47.6 Å². The average molecular weight is 265 g/mol. The smallest absolute Gasteiger partial charge is 0.131 e. The van der Waals surface area contributed by atoms with Crippen molar-refractivity contribution in [3.63, 3.8) is 0 Å². The Labute approximate surface area is 116 Å². The van der Waals surface area contributed by atoms with Crippen LogP contribution in [0.3, 0.4) is 0 Å². The summed E-state index contributed by atoms with van der Waals surface area (Å²) in [6, 6.07) is 1.96. The fourth-order valence-corrected chi connectivity index (χ4v) is 2.02. The van der Waals surface area contributed by atoms with Gasteiger partial charge < -0.3 is 15.5 Å². The molecule has 0 aliphatic carbocycles. The molecule has 0 aliphatic heterocycles. The summed E-state index contributed by atoms with van der Waals surface area (Å²) in [6.07, 6.45) is 1.20. The predicted octanol–water partition coefficient (Wildman–Crippen LogP) is 2.36. The number of nitrogens with one attached hydrogen (secondary N) is 2. The van der Waals surface area contributed by atoms with Gasteiger partial charge in [0.1, 0.15) is 17.5 Å². The third-order valence-corrected chi connectivity index (χ3v) is 2.92. The van der Waals surface area contributed by atoms with Crippen LogP contribution < -0.4 is 10.6 Å². The van der Waals surface area contributed by atoms with Gasteiger partial charge in [0.25, 0.3) is 0 Å². The minimum atomic E-state index is 0.793. The lowest BCUT2D eigenvalue weighted by Gasteiger charge is -2.19. The molecule has 19 heavy (non-hydrogen) atoms. The van der Waals surface area contributed by atoms with E-state index in [0.717, 1.165) is 50.2 Å². The lowest BCUT2D eigenvalue weighted by atomic mass is 10.4. The average Bonchev–Trinajstić information content (AvgIpc) is 2.37. The number of likely N-dealkylation sites (N-methyl/N-ethyl adjacent to an activating group) is 1. The topological polar surface area (TPSA) is 53.1 Å². The Morgan fingerprint density at radius 1 is 1.05 bits per heavy atom. The molecule has 1 heterocycles. The number of nitrogens with zero attached hydrogens (tertiary/aromatic N) is 3. The van der Waals surface area contributed by atoms with Crippen LogP contribution in [-0.2, 0) is 0 Å². The first-order valence-corrected chi connectivity index (χ1v) is 7.25. The second-order valence-corrected chi connectivity index (χ2v) is 4.58. The van der Waals surface area contributed by atoms with Crippen molar-refractivity contribution >= 4 is 11.6 Å². The summed E-state index contributed by atoms with van der Waals surface area (Å²) in [7, 11) is 0. The monoisotopic (exact) mass is 265 g/mol. The molecule has 1 aromatic heterocycles. The van der Waals surface area contributed by atoms with Crippen LogP contribution in [0.5, 0.6) is 0 Å². The molecule has 0 amide bonds. The molecule has 1 aromatic rings. The van der Waals surface area contributed by atoms with E-state index in [1.54, 1.807) is 0 Å². The molecule has 0 aliphatic rings. The zero-order chi connectivity index (χ0) is 14.1. The molecule has 0 spiro atoms. The number of rotatable bonds is 9. The van der Waals surface area contributed by atoms with Crippen LogP contribution in [0.2, 0.25) is 0 Å². The summed E-state index contributed by atoms with van der Waals surface area (Å²) < 4.78 is 0. The van der Waals surface area contributed by atoms with Crippen LogP contribution in [0.15, 0.2) is 6.07 Å². The van der Waals surface area contributed by atoms with E-state index in [-0.39, 0.29) is 0 Å². The van der Waals surface area contributed by atoms with E-state index in [0.29, 0.717) is 0 Å². The van der Waals surface area contributed by atoms with Gasteiger partial charge in [-0.2, -0.15) is 0 Å². The lowest BCUT2D eigenvalue weighted by molar-refractivity contribution is 0.300. The summed E-state index contributed by atoms with van der Waals surface area (Å²) in [5, 5.41) is 6.59. The quantitative estimate of drug-likeness (QED) is 0.718. The molecule has 0 unspecified atom stereocenters. The summed E-state index contributed by atoms with van der Waals surface area (Å²) in [4.78, 5) is 11.2. The SMILES string of the molecule is CCCN(CC)CCNc1cc(NCC)nc(C)n1. The van der Waals surface area contributed by atoms with Crippen LogP contribution >= 0.6 is 0 Å². The molecule has 0 fully saturated rings. The van der Waals surface area contributed by atoms with E-state index in [1.165, 1.54) is 6.42 Å². The maximum atomic E-state index is 4.40. The number of aryl methyl sites for hydroxylation is 1. The maximum absolute atomic E-state index is 4.40. The highest BCUT2D eigenvalue weighted by Crippen LogP contribution is 2.10. The van der Waals surface area contributed by atoms with Gasteiger partial charge in [0.2, 0.25) is 0 Å². The summed E-state index contributed by atoms with van der Waals surface area (Å²) in [6.45, 7) is 13.5. The number of anilines is 2. The molecule has 0 atom stereocenters. The first-order valence-electron chi connectivity index (χ1n) is 7.25. The first-order chi connectivity index (χ1) is 9.19. The minimum Gasteiger partial charge on any atom is -0.370 e. The molecule has 0 bridgehead atoms. The van der Waals surface area contributed by atoms with Crippen LogP contribution in [0.4, 0.5) is 11.6 Å². The summed E-state index contributed by atoms with van der Waals surface area (Å²) in [5.41, 5.74) is 0. The Hall–Kier alpha value is -1.36. The highest BCUT2D eigenvalue weighted by molar-refractivity contribution is 5.47. The van der Waals surface area contributed by atoms with E-state index < -0.39 is 0 Å². The molecule has 5 nitrogen and oxygen atoms in total. The standard InChI is InChI=1S/C14H27N5/c1-5-9-19(7-3)10-8-16-14-11-13(15-6-2)17-12(4)18-14/h11H,5-10H2,1-4H3,(H2,15,16,17,18). The van der Waals surface area contributed by atoms with Crippen LogP contribution in [0, 0.1) is 6.92 Å². The lowest BCUT2D eigenvalue weighted by Crippen LogP contribution is -2.29. The van der Waals surface area contributed by atoms with Crippen LogP contribution in [0.1, 0.15) is 33.0 Å². The molecular weight excluding hydrogens is 238 g/mol. The van der Waals surface area contributed by atoms with Crippen LogP contribution in [0.25, 0.3) is 0 Å². The van der Waals surface area contributed by atoms with Gasteiger partial charge >= 0.3 is 0 Å². The molecule has 0 saturated heterocycles. The third kappa shape index (κ3) is 5.87. The molecule has 5 heteroatoms. The summed E-state index contributed by atoms with van der Waals surface area (Å²) >= 11 is 0. The van der Waals surface area contributed by atoms with Crippen molar-refractivity contribution in [3.05, 3.63) is 11.9 Å². The Balaban J connectivity index is 2.48. The number of hydrogen-bond acceptors (Lipinski definition) is 5. The fourth-order valence-electron chi connectivity index (χ4n) is 2.02. The van der Waals surface area contributed by atoms with Crippen molar-refractivity contribution in [2.75, 3.05) is 43.4 Å². The van der Waals surface area contributed by atoms with Gasteiger partial charge in [-0.25, -0.2) is 9.97 Å². The van der Waals surface area contributed by atoms with Gasteiger partial charge in [-0.15, -0.1) is 0 Å². The fraction of sp³-hybridized carbons (Fsp3) is 0.714. The van der Waals surface area contributed by atoms with E-state index in [1.807, 2.05) is 13.0 Å². The van der Waals surface area contributed by atoms with Crippen molar-refractivity contribution in [2.45, 2.75) is 34.1 Å². The highest BCUT2D eigenvalue weighted by Gasteiger charge is 2.03. The van der Waals surface area contributed by atoms with Gasteiger partial charge in [-0.05, 0) is 33.4 Å². The van der Waals surface area contributed by atoms with Crippen molar-refractivity contribution in [3.8, 4) is 0 Å². The summed E-state index contributed by atoms with van der Waals surface area (Å²) in [5.74, 6) is 2.58. The zero-order valence-electron chi connectivity index (χ0n) is 12.7. The second-order valence-electron chi connectivity index (χ2n) is 4.58. The minimum absolute atomic E-state index is 0.793. The molecule has 0 aromatic carbocycles. The first kappa shape index (κ1) is 15.7. The Morgan fingerprint density at radius 3 is 2.32 bits per heavy atom. The second kappa shape index (κ2) is 8.69. The van der Waals surface area contributed by atoms with Gasteiger partial charge in [-0.1, -0.05) is 13.8 Å². The molecular formula is C14H27N5. The van der Waals surface area contributed by atoms with Crippen molar-refractivity contribution in [2.24, 2.45) is 0 Å². The number of hydrogen-bond donors (Lipinski definition) is 2. The molecule has 1 rings (SSSR count). The maximum Gasteiger partial charge on any atom is 0.131 e. The zero-order valence-corrected chi connectivity index (χ0v) is 12.7. The van der Waals surface area contributed by atoms with E-state index >= 15 is 0 Å². The van der Waals surface area contributed by atoms with E-state index in [9.17, 15) is 0 Å². The Bertz CT molecular complexity index is 367. The highest BCUT2D eigenvalue weighted by atomic mass is 15.1. The molecule has 108 valence electrons. The van der Waals surface area contributed by atoms with Gasteiger partial charge in [0, 0.05) is 25.7 Å². The van der Waals surface area contributed by atoms with Gasteiger partial charge in [0.05, 0.1) is 0 Å². The van der Waals surface area contributed by atoms with Crippen molar-refractivity contribution in [1.29, 1.82) is 0 Å². The Morgan fingerprint density at radius 2 is 1.74 bits per heavy atom. The largest absolute Gasteiger partial charge is 0.370 e. The molecule has 0 radical (unpaired) electrons. The predicted molar refractivity (Wildman–Crippen MR) is 81.8 cm³/mol. The van der Waals surface area contributed by atoms with Crippen molar-refractivity contribution < 1.29 is 0 Å². The Kier molecular flexibility index (Phi) is 7.18. The van der Waals surface area contributed by atoms with Crippen molar-refractivity contribution in [1.82, 2.24) is 14.9 Å². The molecule has 0 saturated carbocycles. The van der Waals surface area contributed by atoms with E-state index in [2.05, 4.69) is 46.3 Å². The molecule has 2 N–H and O–H groups in total.